The molecular weight excluding hydrogens is 360 g/mol. The van der Waals surface area contributed by atoms with Crippen LogP contribution in [0, 0.1) is 0 Å². The highest BCUT2D eigenvalue weighted by Gasteiger charge is 2.19. The second-order valence-electron chi connectivity index (χ2n) is 6.44. The lowest BCUT2D eigenvalue weighted by molar-refractivity contribution is 0.201. The summed E-state index contributed by atoms with van der Waals surface area (Å²) in [7, 11) is 0. The molecule has 0 atom stereocenters. The fourth-order valence-corrected chi connectivity index (χ4v) is 3.33. The van der Waals surface area contributed by atoms with E-state index in [0.717, 1.165) is 44.1 Å². The topological polar surface area (TPSA) is 106 Å². The molecule has 0 amide bonds. The van der Waals surface area contributed by atoms with Gasteiger partial charge in [0.25, 0.3) is 0 Å². The Kier molecular flexibility index (Phi) is 6.20. The smallest absolute Gasteiger partial charge is 0.144 e. The molecule has 2 aromatic carbocycles. The monoisotopic (exact) mass is 386 g/mol. The van der Waals surface area contributed by atoms with Crippen molar-refractivity contribution < 1.29 is 4.74 Å². The molecule has 0 saturated carbocycles. The molecule has 3 rings (SSSR count). The Balaban J connectivity index is 1.48. The summed E-state index contributed by atoms with van der Waals surface area (Å²) in [6.45, 7) is 5.11. The summed E-state index contributed by atoms with van der Waals surface area (Å²) < 4.78 is 5.87. The summed E-state index contributed by atoms with van der Waals surface area (Å²) in [5.41, 5.74) is 23.2. The maximum atomic E-state index is 6.11. The highest BCUT2D eigenvalue weighted by atomic mass is 32.1. The van der Waals surface area contributed by atoms with E-state index in [1.54, 1.807) is 0 Å². The van der Waals surface area contributed by atoms with Crippen LogP contribution < -0.4 is 32.2 Å². The van der Waals surface area contributed by atoms with Gasteiger partial charge in [0.2, 0.25) is 0 Å². The van der Waals surface area contributed by atoms with Gasteiger partial charge in [0, 0.05) is 32.7 Å². The van der Waals surface area contributed by atoms with E-state index in [2.05, 4.69) is 15.1 Å². The SMILES string of the molecule is Nc1cccc(N2CCN(CCOc3cccc(NC=S)c3N)CC2)c1N. The van der Waals surface area contributed by atoms with E-state index in [1.807, 2.05) is 36.4 Å². The minimum absolute atomic E-state index is 0.570. The van der Waals surface area contributed by atoms with Crippen LogP contribution in [0.4, 0.5) is 28.4 Å². The van der Waals surface area contributed by atoms with Gasteiger partial charge in [-0.15, -0.1) is 0 Å². The molecule has 1 aliphatic rings. The zero-order valence-corrected chi connectivity index (χ0v) is 16.0. The van der Waals surface area contributed by atoms with E-state index >= 15 is 0 Å². The van der Waals surface area contributed by atoms with Crippen molar-refractivity contribution in [1.29, 1.82) is 0 Å². The normalized spacial score (nSPS) is 14.7. The predicted octanol–water partition coefficient (Wildman–Crippen LogP) is 2.00. The van der Waals surface area contributed by atoms with Crippen molar-refractivity contribution in [2.75, 3.05) is 66.7 Å². The Labute approximate surface area is 165 Å². The fourth-order valence-electron chi connectivity index (χ4n) is 3.20. The van der Waals surface area contributed by atoms with Crippen LogP contribution in [0.1, 0.15) is 0 Å². The second-order valence-corrected chi connectivity index (χ2v) is 6.67. The molecule has 0 radical (unpaired) electrons. The van der Waals surface area contributed by atoms with Gasteiger partial charge in [-0.05, 0) is 24.3 Å². The number of rotatable bonds is 7. The molecule has 8 heteroatoms. The van der Waals surface area contributed by atoms with Crippen molar-refractivity contribution in [1.82, 2.24) is 4.90 Å². The van der Waals surface area contributed by atoms with Crippen molar-refractivity contribution in [3.05, 3.63) is 36.4 Å². The lowest BCUT2D eigenvalue weighted by Gasteiger charge is -2.36. The number of nitrogens with one attached hydrogen (secondary N) is 1. The number of thiocarbonyl (C=S) groups is 1. The zero-order valence-electron chi connectivity index (χ0n) is 15.2. The van der Waals surface area contributed by atoms with Crippen LogP contribution in [0.15, 0.2) is 36.4 Å². The first-order chi connectivity index (χ1) is 13.1. The van der Waals surface area contributed by atoms with Gasteiger partial charge in [0.05, 0.1) is 33.9 Å². The molecule has 7 N–H and O–H groups in total. The molecule has 1 heterocycles. The summed E-state index contributed by atoms with van der Waals surface area (Å²) in [4.78, 5) is 4.65. The number of piperazine rings is 1. The van der Waals surface area contributed by atoms with Gasteiger partial charge >= 0.3 is 0 Å². The number of nitrogens with two attached hydrogens (primary N) is 3. The maximum Gasteiger partial charge on any atom is 0.144 e. The van der Waals surface area contributed by atoms with Crippen molar-refractivity contribution in [3.63, 3.8) is 0 Å². The number of para-hydroxylation sites is 2. The molecule has 27 heavy (non-hydrogen) atoms. The van der Waals surface area contributed by atoms with Gasteiger partial charge in [-0.25, -0.2) is 0 Å². The van der Waals surface area contributed by atoms with E-state index in [4.69, 9.17) is 34.2 Å². The molecule has 1 saturated heterocycles. The average molecular weight is 387 g/mol. The number of hydrogen-bond donors (Lipinski definition) is 4. The standard InChI is InChI=1S/C19H26N6OS/c20-14-3-1-5-16(18(14)21)25-9-7-24(8-10-25)11-12-26-17-6-2-4-15(19(17)22)23-13-27/h1-6,13H,7-12,20-22H2,(H,23,27). The molecule has 144 valence electrons. The Morgan fingerprint density at radius 1 is 1.00 bits per heavy atom. The van der Waals surface area contributed by atoms with E-state index in [1.165, 1.54) is 5.49 Å². The summed E-state index contributed by atoms with van der Waals surface area (Å²) >= 11 is 4.81. The summed E-state index contributed by atoms with van der Waals surface area (Å²) in [6.07, 6.45) is 0. The Bertz CT molecular complexity index is 792. The lowest BCUT2D eigenvalue weighted by Crippen LogP contribution is -2.47. The van der Waals surface area contributed by atoms with Crippen LogP contribution in [0.5, 0.6) is 5.75 Å². The van der Waals surface area contributed by atoms with Crippen molar-refractivity contribution in [2.24, 2.45) is 0 Å². The molecule has 0 bridgehead atoms. The van der Waals surface area contributed by atoms with Crippen LogP contribution in [-0.4, -0.2) is 49.7 Å². The first-order valence-corrected chi connectivity index (χ1v) is 9.40. The Morgan fingerprint density at radius 2 is 1.74 bits per heavy atom. The second kappa shape index (κ2) is 8.79. The van der Waals surface area contributed by atoms with Crippen LogP contribution in [-0.2, 0) is 0 Å². The molecule has 0 spiro atoms. The van der Waals surface area contributed by atoms with E-state index < -0.39 is 0 Å². The number of anilines is 5. The average Bonchev–Trinajstić information content (AvgIpc) is 2.68. The number of benzene rings is 2. The molecule has 1 aliphatic heterocycles. The fraction of sp³-hybridized carbons (Fsp3) is 0.316. The van der Waals surface area contributed by atoms with Crippen LogP contribution in [0.3, 0.4) is 0 Å². The number of nitrogen functional groups attached to an aromatic ring is 3. The lowest BCUT2D eigenvalue weighted by atomic mass is 10.2. The predicted molar refractivity (Wildman–Crippen MR) is 118 cm³/mol. The van der Waals surface area contributed by atoms with Gasteiger partial charge in [-0.3, -0.25) is 4.90 Å². The molecule has 0 aliphatic carbocycles. The van der Waals surface area contributed by atoms with Gasteiger partial charge in [0.15, 0.2) is 0 Å². The molecule has 7 nitrogen and oxygen atoms in total. The van der Waals surface area contributed by atoms with Crippen LogP contribution in [0.2, 0.25) is 0 Å². The number of ether oxygens (including phenoxy) is 1. The Morgan fingerprint density at radius 3 is 2.48 bits per heavy atom. The van der Waals surface area contributed by atoms with E-state index in [9.17, 15) is 0 Å². The van der Waals surface area contributed by atoms with Crippen LogP contribution in [0.25, 0.3) is 0 Å². The summed E-state index contributed by atoms with van der Waals surface area (Å²) in [5.74, 6) is 0.669. The van der Waals surface area contributed by atoms with Gasteiger partial charge in [-0.1, -0.05) is 24.4 Å². The van der Waals surface area contributed by atoms with Gasteiger partial charge in [0.1, 0.15) is 12.4 Å². The first kappa shape index (κ1) is 19.1. The minimum atomic E-state index is 0.570. The summed E-state index contributed by atoms with van der Waals surface area (Å²) in [6, 6.07) is 11.4. The third-order valence-corrected chi connectivity index (χ3v) is 4.89. The third kappa shape index (κ3) is 4.53. The highest BCUT2D eigenvalue weighted by Crippen LogP contribution is 2.30. The van der Waals surface area contributed by atoms with Crippen LogP contribution >= 0.6 is 12.2 Å². The van der Waals surface area contributed by atoms with Gasteiger partial charge in [-0.2, -0.15) is 0 Å². The van der Waals surface area contributed by atoms with E-state index in [-0.39, 0.29) is 0 Å². The molecule has 0 aromatic heterocycles. The van der Waals surface area contributed by atoms with Crippen molar-refractivity contribution >= 4 is 46.1 Å². The highest BCUT2D eigenvalue weighted by molar-refractivity contribution is 7.79. The number of nitrogens with zero attached hydrogens (tertiary/aromatic N) is 2. The first-order valence-electron chi connectivity index (χ1n) is 8.93. The molecule has 1 fully saturated rings. The molecular formula is C19H26N6OS. The quantitative estimate of drug-likeness (QED) is 0.423. The maximum absolute atomic E-state index is 6.11. The van der Waals surface area contributed by atoms with Crippen molar-refractivity contribution in [2.45, 2.75) is 0 Å². The third-order valence-electron chi connectivity index (χ3n) is 4.78. The summed E-state index contributed by atoms with van der Waals surface area (Å²) in [5, 5.41) is 2.93. The Hall–Kier alpha value is -2.71. The number of hydrogen-bond acceptors (Lipinski definition) is 7. The zero-order chi connectivity index (χ0) is 19.2. The van der Waals surface area contributed by atoms with Gasteiger partial charge < -0.3 is 32.2 Å². The van der Waals surface area contributed by atoms with Crippen molar-refractivity contribution in [3.8, 4) is 5.75 Å². The molecule has 0 unspecified atom stereocenters. The largest absolute Gasteiger partial charge is 0.490 e. The molecule has 2 aromatic rings. The van der Waals surface area contributed by atoms with E-state index in [0.29, 0.717) is 29.4 Å². The minimum Gasteiger partial charge on any atom is -0.490 e.